The van der Waals surface area contributed by atoms with Gasteiger partial charge in [0.2, 0.25) is 0 Å². The van der Waals surface area contributed by atoms with E-state index in [9.17, 15) is 4.79 Å². The van der Waals surface area contributed by atoms with E-state index in [1.807, 2.05) is 44.2 Å². The number of hydrogen-bond acceptors (Lipinski definition) is 2. The first kappa shape index (κ1) is 14.3. The summed E-state index contributed by atoms with van der Waals surface area (Å²) in [5.41, 5.74) is 3.49. The van der Waals surface area contributed by atoms with Crippen LogP contribution in [0.3, 0.4) is 0 Å². The van der Waals surface area contributed by atoms with Crippen LogP contribution in [-0.4, -0.2) is 12.4 Å². The number of ether oxygens (including phenoxy) is 1. The van der Waals surface area contributed by atoms with E-state index in [1.54, 1.807) is 0 Å². The molecule has 0 aromatic heterocycles. The Bertz CT molecular complexity index is 573. The van der Waals surface area contributed by atoms with Gasteiger partial charge >= 0.3 is 0 Å². The third-order valence-corrected chi connectivity index (χ3v) is 3.29. The van der Waals surface area contributed by atoms with Crippen LogP contribution < -0.4 is 4.74 Å². The fraction of sp³-hybridized carbons (Fsp3) is 0.278. The molecule has 0 aliphatic carbocycles. The van der Waals surface area contributed by atoms with Crippen molar-refractivity contribution in [3.05, 3.63) is 65.2 Å². The predicted octanol–water partition coefficient (Wildman–Crippen LogP) is 3.88. The molecule has 2 rings (SSSR count). The van der Waals surface area contributed by atoms with Crippen molar-refractivity contribution in [1.29, 1.82) is 0 Å². The molecule has 0 saturated heterocycles. The molecule has 0 radical (unpaired) electrons. The molecule has 0 saturated carbocycles. The molecule has 104 valence electrons. The normalized spacial score (nSPS) is 10.3. The van der Waals surface area contributed by atoms with Crippen molar-refractivity contribution in [2.24, 2.45) is 0 Å². The van der Waals surface area contributed by atoms with Gasteiger partial charge in [0.25, 0.3) is 0 Å². The molecule has 2 aromatic carbocycles. The number of hydrogen-bond donors (Lipinski definition) is 0. The second kappa shape index (κ2) is 6.90. The number of aryl methyl sites for hydroxylation is 2. The molecular weight excluding hydrogens is 248 g/mol. The van der Waals surface area contributed by atoms with Crippen molar-refractivity contribution in [2.45, 2.75) is 26.7 Å². The van der Waals surface area contributed by atoms with Gasteiger partial charge < -0.3 is 4.74 Å². The summed E-state index contributed by atoms with van der Waals surface area (Å²) in [5.74, 6) is 1.03. The molecule has 0 heterocycles. The summed E-state index contributed by atoms with van der Waals surface area (Å²) in [7, 11) is 0. The number of para-hydroxylation sites is 1. The van der Waals surface area contributed by atoms with E-state index in [1.165, 1.54) is 11.1 Å². The lowest BCUT2D eigenvalue weighted by Crippen LogP contribution is -2.09. The first-order chi connectivity index (χ1) is 9.65. The Balaban J connectivity index is 1.82. The zero-order chi connectivity index (χ0) is 14.4. The Labute approximate surface area is 120 Å². The molecule has 2 nitrogen and oxygen atoms in total. The zero-order valence-corrected chi connectivity index (χ0v) is 12.1. The highest BCUT2D eigenvalue weighted by molar-refractivity contribution is 5.81. The van der Waals surface area contributed by atoms with Gasteiger partial charge in [-0.05, 0) is 37.1 Å². The maximum Gasteiger partial charge on any atom is 0.140 e. The van der Waals surface area contributed by atoms with E-state index in [4.69, 9.17) is 4.74 Å². The molecule has 0 aliphatic heterocycles. The van der Waals surface area contributed by atoms with Crippen molar-refractivity contribution in [2.75, 3.05) is 6.61 Å². The highest BCUT2D eigenvalue weighted by atomic mass is 16.5. The van der Waals surface area contributed by atoms with Gasteiger partial charge in [0, 0.05) is 12.8 Å². The van der Waals surface area contributed by atoms with Crippen molar-refractivity contribution < 1.29 is 9.53 Å². The molecule has 0 atom stereocenters. The number of carbonyl (C=O) groups excluding carboxylic acids is 1. The summed E-state index contributed by atoms with van der Waals surface area (Å²) in [6, 6.07) is 15.8. The first-order valence-electron chi connectivity index (χ1n) is 6.91. The van der Waals surface area contributed by atoms with Crippen LogP contribution in [0, 0.1) is 13.8 Å². The Kier molecular flexibility index (Phi) is 4.94. The maximum absolute atomic E-state index is 12.0. The topological polar surface area (TPSA) is 26.3 Å². The van der Waals surface area contributed by atoms with Gasteiger partial charge in [-0.3, -0.25) is 4.79 Å². The zero-order valence-electron chi connectivity index (χ0n) is 12.1. The Morgan fingerprint density at radius 1 is 1.05 bits per heavy atom. The monoisotopic (exact) mass is 268 g/mol. The molecule has 0 bridgehead atoms. The summed E-state index contributed by atoms with van der Waals surface area (Å²) < 4.78 is 5.55. The Morgan fingerprint density at radius 3 is 2.55 bits per heavy atom. The molecule has 0 spiro atoms. The molecule has 0 amide bonds. The highest BCUT2D eigenvalue weighted by Crippen LogP contribution is 2.13. The lowest BCUT2D eigenvalue weighted by Gasteiger charge is -2.08. The smallest absolute Gasteiger partial charge is 0.140 e. The maximum atomic E-state index is 12.0. The molecule has 0 unspecified atom stereocenters. The lowest BCUT2D eigenvalue weighted by atomic mass is 10.00. The van der Waals surface area contributed by atoms with Crippen LogP contribution in [0.4, 0.5) is 0 Å². The predicted molar refractivity (Wildman–Crippen MR) is 81.2 cm³/mol. The van der Waals surface area contributed by atoms with E-state index in [-0.39, 0.29) is 5.78 Å². The number of ketones is 1. The molecular formula is C18H20O2. The third-order valence-electron chi connectivity index (χ3n) is 3.29. The largest absolute Gasteiger partial charge is 0.493 e. The summed E-state index contributed by atoms with van der Waals surface area (Å²) in [5, 5.41) is 0. The van der Waals surface area contributed by atoms with Gasteiger partial charge in [-0.1, -0.05) is 42.0 Å². The van der Waals surface area contributed by atoms with E-state index in [0.717, 1.165) is 11.3 Å². The van der Waals surface area contributed by atoms with Crippen molar-refractivity contribution in [3.8, 4) is 5.75 Å². The summed E-state index contributed by atoms with van der Waals surface area (Å²) >= 11 is 0. The molecule has 0 fully saturated rings. The minimum absolute atomic E-state index is 0.217. The van der Waals surface area contributed by atoms with Crippen LogP contribution in [0.25, 0.3) is 0 Å². The van der Waals surface area contributed by atoms with Gasteiger partial charge in [0.05, 0.1) is 6.61 Å². The first-order valence-corrected chi connectivity index (χ1v) is 6.91. The van der Waals surface area contributed by atoms with Gasteiger partial charge in [-0.15, -0.1) is 0 Å². The summed E-state index contributed by atoms with van der Waals surface area (Å²) in [6.45, 7) is 4.53. The number of benzene rings is 2. The molecule has 2 aromatic rings. The molecule has 2 heteroatoms. The fourth-order valence-corrected chi connectivity index (χ4v) is 2.09. The lowest BCUT2D eigenvalue weighted by molar-refractivity contribution is -0.118. The van der Waals surface area contributed by atoms with E-state index in [0.29, 0.717) is 19.4 Å². The Hall–Kier alpha value is -2.09. The quantitative estimate of drug-likeness (QED) is 0.794. The molecule has 0 N–H and O–H groups in total. The highest BCUT2D eigenvalue weighted by Gasteiger charge is 2.07. The summed E-state index contributed by atoms with van der Waals surface area (Å²) in [6.07, 6.45) is 0.938. The number of Topliss-reactive ketones (excluding diaryl/α,β-unsaturated/α-hetero) is 1. The fourth-order valence-electron chi connectivity index (χ4n) is 2.09. The number of carbonyl (C=O) groups is 1. The van der Waals surface area contributed by atoms with Crippen LogP contribution in [-0.2, 0) is 11.2 Å². The van der Waals surface area contributed by atoms with Crippen molar-refractivity contribution in [3.63, 3.8) is 0 Å². The van der Waals surface area contributed by atoms with E-state index in [2.05, 4.69) is 18.2 Å². The third kappa shape index (κ3) is 4.23. The Morgan fingerprint density at radius 2 is 1.80 bits per heavy atom. The van der Waals surface area contributed by atoms with E-state index < -0.39 is 0 Å². The second-order valence-electron chi connectivity index (χ2n) is 5.06. The van der Waals surface area contributed by atoms with Crippen molar-refractivity contribution >= 4 is 5.78 Å². The minimum Gasteiger partial charge on any atom is -0.493 e. The second-order valence-corrected chi connectivity index (χ2v) is 5.06. The minimum atomic E-state index is 0.217. The van der Waals surface area contributed by atoms with Crippen LogP contribution in [0.15, 0.2) is 48.5 Å². The van der Waals surface area contributed by atoms with Crippen LogP contribution in [0.1, 0.15) is 23.1 Å². The van der Waals surface area contributed by atoms with Gasteiger partial charge in [0.15, 0.2) is 0 Å². The van der Waals surface area contributed by atoms with Gasteiger partial charge in [-0.25, -0.2) is 0 Å². The van der Waals surface area contributed by atoms with Crippen LogP contribution >= 0.6 is 0 Å². The summed E-state index contributed by atoms with van der Waals surface area (Å²) in [4.78, 5) is 12.0. The SMILES string of the molecule is Cc1ccc(C)c(CC(=O)CCOc2ccccc2)c1. The van der Waals surface area contributed by atoms with Gasteiger partial charge in [0.1, 0.15) is 11.5 Å². The van der Waals surface area contributed by atoms with Gasteiger partial charge in [-0.2, -0.15) is 0 Å². The van der Waals surface area contributed by atoms with Crippen LogP contribution in [0.2, 0.25) is 0 Å². The molecule has 20 heavy (non-hydrogen) atoms. The van der Waals surface area contributed by atoms with Crippen molar-refractivity contribution in [1.82, 2.24) is 0 Å². The average Bonchev–Trinajstić information content (AvgIpc) is 2.44. The standard InChI is InChI=1S/C18H20O2/c1-14-8-9-15(2)16(12-14)13-17(19)10-11-20-18-6-4-3-5-7-18/h3-9,12H,10-11,13H2,1-2H3. The van der Waals surface area contributed by atoms with E-state index >= 15 is 0 Å². The molecule has 0 aliphatic rings. The average molecular weight is 268 g/mol. The van der Waals surface area contributed by atoms with Crippen LogP contribution in [0.5, 0.6) is 5.75 Å². The number of rotatable bonds is 6.